The molecule has 0 radical (unpaired) electrons. The SMILES string of the molecule is CCC(C)/N=C1/OC(C)C(=O)N1CC. The van der Waals surface area contributed by atoms with E-state index in [2.05, 4.69) is 11.9 Å². The van der Waals surface area contributed by atoms with Crippen LogP contribution in [0.25, 0.3) is 0 Å². The van der Waals surface area contributed by atoms with Crippen LogP contribution >= 0.6 is 0 Å². The molecule has 0 aromatic heterocycles. The van der Waals surface area contributed by atoms with Crippen LogP contribution in [0.2, 0.25) is 0 Å². The molecular weight excluding hydrogens is 180 g/mol. The van der Waals surface area contributed by atoms with Gasteiger partial charge in [0, 0.05) is 6.54 Å². The number of carbonyl (C=O) groups is 1. The van der Waals surface area contributed by atoms with E-state index in [9.17, 15) is 4.79 Å². The smallest absolute Gasteiger partial charge is 0.295 e. The van der Waals surface area contributed by atoms with Gasteiger partial charge in [-0.05, 0) is 27.2 Å². The van der Waals surface area contributed by atoms with Gasteiger partial charge < -0.3 is 4.74 Å². The molecule has 1 rings (SSSR count). The molecular formula is C10H18N2O2. The highest BCUT2D eigenvalue weighted by molar-refractivity contribution is 6.01. The third kappa shape index (κ3) is 2.05. The first-order valence-corrected chi connectivity index (χ1v) is 5.16. The van der Waals surface area contributed by atoms with Crippen LogP contribution in [0.5, 0.6) is 0 Å². The Labute approximate surface area is 84.9 Å². The molecule has 4 heteroatoms. The van der Waals surface area contributed by atoms with Gasteiger partial charge in [0.05, 0.1) is 6.04 Å². The highest BCUT2D eigenvalue weighted by atomic mass is 16.5. The zero-order chi connectivity index (χ0) is 10.7. The predicted octanol–water partition coefficient (Wildman–Crippen LogP) is 1.41. The zero-order valence-electron chi connectivity index (χ0n) is 9.28. The van der Waals surface area contributed by atoms with E-state index >= 15 is 0 Å². The predicted molar refractivity (Wildman–Crippen MR) is 55.1 cm³/mol. The Hall–Kier alpha value is -1.06. The Bertz CT molecular complexity index is 251. The summed E-state index contributed by atoms with van der Waals surface area (Å²) >= 11 is 0. The number of rotatable bonds is 3. The van der Waals surface area contributed by atoms with E-state index in [0.717, 1.165) is 6.42 Å². The van der Waals surface area contributed by atoms with Crippen LogP contribution in [0, 0.1) is 0 Å². The van der Waals surface area contributed by atoms with E-state index in [1.807, 2.05) is 13.8 Å². The topological polar surface area (TPSA) is 41.9 Å². The highest BCUT2D eigenvalue weighted by Crippen LogP contribution is 2.13. The number of ether oxygens (including phenoxy) is 1. The second kappa shape index (κ2) is 4.44. The third-order valence-electron chi connectivity index (χ3n) is 2.36. The minimum Gasteiger partial charge on any atom is -0.452 e. The highest BCUT2D eigenvalue weighted by Gasteiger charge is 2.34. The third-order valence-corrected chi connectivity index (χ3v) is 2.36. The molecule has 2 unspecified atom stereocenters. The maximum Gasteiger partial charge on any atom is 0.295 e. The summed E-state index contributed by atoms with van der Waals surface area (Å²) in [4.78, 5) is 17.5. The van der Waals surface area contributed by atoms with E-state index < -0.39 is 0 Å². The van der Waals surface area contributed by atoms with Crippen molar-refractivity contribution in [1.82, 2.24) is 4.90 Å². The number of likely N-dealkylation sites (N-methyl/N-ethyl adjacent to an activating group) is 1. The molecule has 1 fully saturated rings. The van der Waals surface area contributed by atoms with E-state index in [0.29, 0.717) is 12.6 Å². The number of hydrogen-bond acceptors (Lipinski definition) is 3. The van der Waals surface area contributed by atoms with Crippen molar-refractivity contribution in [3.05, 3.63) is 0 Å². The summed E-state index contributed by atoms with van der Waals surface area (Å²) in [6.45, 7) is 8.37. The molecule has 0 aromatic rings. The molecule has 2 atom stereocenters. The number of aliphatic imine (C=N–C) groups is 1. The Morgan fingerprint density at radius 2 is 2.21 bits per heavy atom. The lowest BCUT2D eigenvalue weighted by Crippen LogP contribution is -2.31. The second-order valence-electron chi connectivity index (χ2n) is 3.51. The van der Waals surface area contributed by atoms with Crippen molar-refractivity contribution in [2.24, 2.45) is 4.99 Å². The number of nitrogens with zero attached hydrogens (tertiary/aromatic N) is 2. The molecule has 0 spiro atoms. The first kappa shape index (κ1) is 11.0. The van der Waals surface area contributed by atoms with Crippen molar-refractivity contribution in [1.29, 1.82) is 0 Å². The standard InChI is InChI=1S/C10H18N2O2/c1-5-7(3)11-10-12(6-2)9(13)8(4)14-10/h7-8H,5-6H2,1-4H3/b11-10+. The van der Waals surface area contributed by atoms with E-state index in [4.69, 9.17) is 4.74 Å². The van der Waals surface area contributed by atoms with Gasteiger partial charge in [-0.25, -0.2) is 4.99 Å². The number of hydrogen-bond donors (Lipinski definition) is 0. The molecule has 0 aliphatic carbocycles. The monoisotopic (exact) mass is 198 g/mol. The Kier molecular flexibility index (Phi) is 3.49. The normalized spacial score (nSPS) is 26.9. The van der Waals surface area contributed by atoms with Crippen LogP contribution in [0.15, 0.2) is 4.99 Å². The summed E-state index contributed by atoms with van der Waals surface area (Å²) in [7, 11) is 0. The van der Waals surface area contributed by atoms with Gasteiger partial charge in [0.2, 0.25) is 0 Å². The molecule has 1 saturated heterocycles. The van der Waals surface area contributed by atoms with Gasteiger partial charge in [0.1, 0.15) is 0 Å². The van der Waals surface area contributed by atoms with Crippen LogP contribution in [-0.2, 0) is 9.53 Å². The first-order chi connectivity index (χ1) is 6.60. The largest absolute Gasteiger partial charge is 0.452 e. The maximum atomic E-state index is 11.5. The molecule has 1 aliphatic rings. The fourth-order valence-corrected chi connectivity index (χ4v) is 1.26. The van der Waals surface area contributed by atoms with Crippen LogP contribution in [-0.4, -0.2) is 35.5 Å². The Morgan fingerprint density at radius 1 is 1.57 bits per heavy atom. The molecule has 0 saturated carbocycles. The van der Waals surface area contributed by atoms with Gasteiger partial charge in [0.25, 0.3) is 11.9 Å². The number of carbonyl (C=O) groups excluding carboxylic acids is 1. The van der Waals surface area contributed by atoms with E-state index in [1.54, 1.807) is 11.8 Å². The summed E-state index contributed by atoms with van der Waals surface area (Å²) in [6.07, 6.45) is 0.574. The molecule has 1 heterocycles. The Morgan fingerprint density at radius 3 is 2.71 bits per heavy atom. The fraction of sp³-hybridized carbons (Fsp3) is 0.800. The molecule has 1 amide bonds. The number of amides is 1. The van der Waals surface area contributed by atoms with Gasteiger partial charge in [-0.2, -0.15) is 0 Å². The molecule has 14 heavy (non-hydrogen) atoms. The van der Waals surface area contributed by atoms with Crippen LogP contribution in [0.1, 0.15) is 34.1 Å². The van der Waals surface area contributed by atoms with E-state index in [1.165, 1.54) is 0 Å². The van der Waals surface area contributed by atoms with Gasteiger partial charge >= 0.3 is 0 Å². The average Bonchev–Trinajstić information content (AvgIpc) is 2.42. The lowest BCUT2D eigenvalue weighted by atomic mass is 10.3. The number of amidine groups is 1. The first-order valence-electron chi connectivity index (χ1n) is 5.16. The summed E-state index contributed by atoms with van der Waals surface area (Å²) in [5.74, 6) is 0.00885. The van der Waals surface area contributed by atoms with Crippen molar-refractivity contribution < 1.29 is 9.53 Å². The summed E-state index contributed by atoms with van der Waals surface area (Å²) in [6, 6.07) is 0.691. The molecule has 4 nitrogen and oxygen atoms in total. The van der Waals surface area contributed by atoms with Crippen LogP contribution in [0.4, 0.5) is 0 Å². The van der Waals surface area contributed by atoms with Crippen LogP contribution < -0.4 is 0 Å². The maximum absolute atomic E-state index is 11.5. The van der Waals surface area contributed by atoms with Crippen molar-refractivity contribution in [3.63, 3.8) is 0 Å². The van der Waals surface area contributed by atoms with Gasteiger partial charge in [-0.1, -0.05) is 6.92 Å². The lowest BCUT2D eigenvalue weighted by molar-refractivity contribution is -0.128. The second-order valence-corrected chi connectivity index (χ2v) is 3.51. The summed E-state index contributed by atoms with van der Waals surface area (Å²) in [5, 5.41) is 0. The van der Waals surface area contributed by atoms with Crippen molar-refractivity contribution >= 4 is 11.9 Å². The molecule has 80 valence electrons. The average molecular weight is 198 g/mol. The quantitative estimate of drug-likeness (QED) is 0.688. The minimum atomic E-state index is -0.377. The van der Waals surface area contributed by atoms with Crippen molar-refractivity contribution in [3.8, 4) is 0 Å². The molecule has 0 N–H and O–H groups in total. The summed E-state index contributed by atoms with van der Waals surface area (Å²) < 4.78 is 5.38. The molecule has 0 bridgehead atoms. The summed E-state index contributed by atoms with van der Waals surface area (Å²) in [5.41, 5.74) is 0. The van der Waals surface area contributed by atoms with Gasteiger partial charge in [-0.15, -0.1) is 0 Å². The van der Waals surface area contributed by atoms with Crippen LogP contribution in [0.3, 0.4) is 0 Å². The molecule has 1 aliphatic heterocycles. The fourth-order valence-electron chi connectivity index (χ4n) is 1.26. The van der Waals surface area contributed by atoms with Gasteiger partial charge in [-0.3, -0.25) is 9.69 Å². The van der Waals surface area contributed by atoms with Crippen molar-refractivity contribution in [2.45, 2.75) is 46.3 Å². The Balaban J connectivity index is 2.79. The van der Waals surface area contributed by atoms with Crippen molar-refractivity contribution in [2.75, 3.05) is 6.54 Å². The van der Waals surface area contributed by atoms with E-state index in [-0.39, 0.29) is 18.1 Å². The molecule has 0 aromatic carbocycles. The minimum absolute atomic E-state index is 0.00885. The zero-order valence-corrected chi connectivity index (χ0v) is 9.28. The lowest BCUT2D eigenvalue weighted by Gasteiger charge is -2.12. The van der Waals surface area contributed by atoms with Gasteiger partial charge in [0.15, 0.2) is 6.10 Å².